The van der Waals surface area contributed by atoms with E-state index >= 15 is 0 Å². The average Bonchev–Trinajstić information content (AvgIpc) is 3.49. The molecule has 2 amide bonds. The number of nitrogens with one attached hydrogen (secondary N) is 1. The summed E-state index contributed by atoms with van der Waals surface area (Å²) < 4.78 is 29.3. The van der Waals surface area contributed by atoms with Crippen molar-refractivity contribution in [2.75, 3.05) is 31.8 Å². The van der Waals surface area contributed by atoms with Gasteiger partial charge in [-0.3, -0.25) is 14.5 Å². The number of carbonyl (C=O) groups excluding carboxylic acids is 3. The van der Waals surface area contributed by atoms with E-state index in [1.165, 1.54) is 36.3 Å². The Morgan fingerprint density at radius 1 is 1.17 bits per heavy atom. The molecule has 2 heterocycles. The second kappa shape index (κ2) is 11.2. The van der Waals surface area contributed by atoms with Gasteiger partial charge in [0.2, 0.25) is 0 Å². The third-order valence-corrected chi connectivity index (χ3v) is 5.99. The summed E-state index contributed by atoms with van der Waals surface area (Å²) in [7, 11) is 1.24. The minimum atomic E-state index is -0.648. The number of carbonyl (C=O) groups is 3. The molecule has 0 radical (unpaired) electrons. The number of benzene rings is 2. The maximum atomic E-state index is 13.4. The van der Waals surface area contributed by atoms with Gasteiger partial charge in [0.05, 0.1) is 24.4 Å². The van der Waals surface area contributed by atoms with Crippen molar-refractivity contribution >= 4 is 29.5 Å². The maximum absolute atomic E-state index is 13.4. The normalized spacial score (nSPS) is 18.6. The fourth-order valence-electron chi connectivity index (χ4n) is 4.14. The van der Waals surface area contributed by atoms with Gasteiger partial charge in [0.1, 0.15) is 11.6 Å². The average molecular weight is 495 g/mol. The molecule has 0 spiro atoms. The number of halogens is 1. The molecule has 2 aliphatic rings. The van der Waals surface area contributed by atoms with E-state index in [0.29, 0.717) is 29.2 Å². The molecule has 1 saturated heterocycles. The molecular weight excluding hydrogens is 467 g/mol. The molecule has 2 aromatic rings. The van der Waals surface area contributed by atoms with Gasteiger partial charge in [-0.2, -0.15) is 0 Å². The molecule has 0 saturated carbocycles. The molecule has 0 bridgehead atoms. The minimum Gasteiger partial charge on any atom is -0.484 e. The summed E-state index contributed by atoms with van der Waals surface area (Å²) in [5.74, 6) is -1.26. The molecule has 9 heteroatoms. The first-order chi connectivity index (χ1) is 17.4. The zero-order chi connectivity index (χ0) is 25.7. The minimum absolute atomic E-state index is 0.0612. The highest BCUT2D eigenvalue weighted by Gasteiger charge is 2.37. The van der Waals surface area contributed by atoms with Crippen molar-refractivity contribution in [3.8, 4) is 5.75 Å². The highest BCUT2D eigenvalue weighted by molar-refractivity contribution is 6.23. The summed E-state index contributed by atoms with van der Waals surface area (Å²) in [6, 6.07) is 12.2. The Balaban J connectivity index is 1.46. The van der Waals surface area contributed by atoms with Gasteiger partial charge in [-0.1, -0.05) is 12.1 Å². The van der Waals surface area contributed by atoms with Gasteiger partial charge in [-0.25, -0.2) is 9.18 Å². The first kappa shape index (κ1) is 25.1. The van der Waals surface area contributed by atoms with E-state index in [4.69, 9.17) is 14.2 Å². The Morgan fingerprint density at radius 2 is 1.89 bits per heavy atom. The molecule has 8 nitrogen and oxygen atoms in total. The second-order valence-electron chi connectivity index (χ2n) is 8.42. The lowest BCUT2D eigenvalue weighted by Gasteiger charge is -2.17. The zero-order valence-corrected chi connectivity index (χ0v) is 20.1. The summed E-state index contributed by atoms with van der Waals surface area (Å²) in [5.41, 5.74) is 1.76. The lowest BCUT2D eigenvalue weighted by molar-refractivity contribution is -0.136. The van der Waals surface area contributed by atoms with Crippen LogP contribution < -0.4 is 15.0 Å². The highest BCUT2D eigenvalue weighted by atomic mass is 19.1. The van der Waals surface area contributed by atoms with Gasteiger partial charge in [-0.05, 0) is 67.8 Å². The second-order valence-corrected chi connectivity index (χ2v) is 8.42. The predicted octanol–water partition coefficient (Wildman–Crippen LogP) is 3.38. The number of esters is 1. The van der Waals surface area contributed by atoms with Crippen LogP contribution in [0.4, 0.5) is 10.1 Å². The number of anilines is 1. The van der Waals surface area contributed by atoms with Gasteiger partial charge in [0.25, 0.3) is 11.8 Å². The quantitative estimate of drug-likeness (QED) is 0.447. The Kier molecular flexibility index (Phi) is 7.80. The molecule has 0 unspecified atom stereocenters. The third-order valence-electron chi connectivity index (χ3n) is 5.99. The van der Waals surface area contributed by atoms with Gasteiger partial charge < -0.3 is 19.5 Å². The Bertz CT molecular complexity index is 1200. The van der Waals surface area contributed by atoms with Crippen LogP contribution in [0.2, 0.25) is 0 Å². The van der Waals surface area contributed by atoms with E-state index in [9.17, 15) is 18.8 Å². The first-order valence-corrected chi connectivity index (χ1v) is 11.6. The SMILES string of the molecule is COC(=O)C1=C(C)N(c2ccc(F)cc2)C(=O)/C1=C\c1ccc(OCC(=O)NC[C@H]2CCCO2)cc1. The number of allylic oxidation sites excluding steroid dienone is 1. The van der Waals surface area contributed by atoms with Crippen LogP contribution in [0.25, 0.3) is 6.08 Å². The molecule has 0 aliphatic carbocycles. The van der Waals surface area contributed by atoms with E-state index in [1.807, 2.05) is 0 Å². The van der Waals surface area contributed by atoms with Crippen LogP contribution in [0.5, 0.6) is 5.75 Å². The molecule has 2 aromatic carbocycles. The number of amides is 2. The molecule has 1 N–H and O–H groups in total. The fraction of sp³-hybridized carbons (Fsp3) is 0.296. The largest absolute Gasteiger partial charge is 0.484 e. The molecule has 4 rings (SSSR count). The Labute approximate surface area is 208 Å². The van der Waals surface area contributed by atoms with Gasteiger partial charge >= 0.3 is 5.97 Å². The number of ether oxygens (including phenoxy) is 3. The summed E-state index contributed by atoms with van der Waals surface area (Å²) >= 11 is 0. The van der Waals surface area contributed by atoms with Crippen molar-refractivity contribution in [2.24, 2.45) is 0 Å². The van der Waals surface area contributed by atoms with E-state index in [1.54, 1.807) is 37.3 Å². The van der Waals surface area contributed by atoms with Crippen LogP contribution in [0.3, 0.4) is 0 Å². The molecule has 1 fully saturated rings. The molecule has 2 aliphatic heterocycles. The van der Waals surface area contributed by atoms with Crippen LogP contribution in [-0.4, -0.2) is 50.8 Å². The van der Waals surface area contributed by atoms with Crippen molar-refractivity contribution in [1.29, 1.82) is 0 Å². The van der Waals surface area contributed by atoms with Crippen LogP contribution in [-0.2, 0) is 23.9 Å². The third kappa shape index (κ3) is 5.63. The molecule has 188 valence electrons. The summed E-state index contributed by atoms with van der Waals surface area (Å²) in [6.07, 6.45) is 3.59. The first-order valence-electron chi connectivity index (χ1n) is 11.6. The number of hydrogen-bond acceptors (Lipinski definition) is 6. The van der Waals surface area contributed by atoms with Crippen molar-refractivity contribution in [1.82, 2.24) is 5.32 Å². The number of hydrogen-bond donors (Lipinski definition) is 1. The van der Waals surface area contributed by atoms with E-state index in [-0.39, 0.29) is 29.8 Å². The van der Waals surface area contributed by atoms with Gasteiger partial charge in [-0.15, -0.1) is 0 Å². The summed E-state index contributed by atoms with van der Waals surface area (Å²) in [6.45, 7) is 2.70. The monoisotopic (exact) mass is 494 g/mol. The molecular formula is C27H27FN2O6. The van der Waals surface area contributed by atoms with Crippen molar-refractivity contribution in [3.05, 3.63) is 76.8 Å². The van der Waals surface area contributed by atoms with E-state index in [2.05, 4.69) is 5.32 Å². The zero-order valence-electron chi connectivity index (χ0n) is 20.1. The topological polar surface area (TPSA) is 94.2 Å². The lowest BCUT2D eigenvalue weighted by atomic mass is 10.0. The summed E-state index contributed by atoms with van der Waals surface area (Å²) in [4.78, 5) is 39.2. The number of rotatable bonds is 8. The smallest absolute Gasteiger partial charge is 0.340 e. The van der Waals surface area contributed by atoms with Crippen LogP contribution in [0.1, 0.15) is 25.3 Å². The lowest BCUT2D eigenvalue weighted by Crippen LogP contribution is -2.35. The van der Waals surface area contributed by atoms with E-state index in [0.717, 1.165) is 19.4 Å². The van der Waals surface area contributed by atoms with Crippen LogP contribution >= 0.6 is 0 Å². The standard InChI is InChI=1S/C27H27FN2O6/c1-17-25(27(33)34-2)23(26(32)30(17)20-9-7-19(28)8-10-20)14-18-5-11-21(12-6-18)36-16-24(31)29-15-22-4-3-13-35-22/h5-12,14,22H,3-4,13,15-16H2,1-2H3,(H,29,31)/b23-14-/t22-/m1/s1. The van der Waals surface area contributed by atoms with Crippen LogP contribution in [0, 0.1) is 5.82 Å². The Morgan fingerprint density at radius 3 is 2.53 bits per heavy atom. The predicted molar refractivity (Wildman–Crippen MR) is 130 cm³/mol. The molecule has 36 heavy (non-hydrogen) atoms. The van der Waals surface area contributed by atoms with Crippen LogP contribution in [0.15, 0.2) is 65.4 Å². The van der Waals surface area contributed by atoms with Crippen molar-refractivity contribution < 1.29 is 33.0 Å². The highest BCUT2D eigenvalue weighted by Crippen LogP contribution is 2.35. The Hall–Kier alpha value is -3.98. The number of nitrogens with zero attached hydrogens (tertiary/aromatic N) is 1. The number of methoxy groups -OCH3 is 1. The molecule has 0 aromatic heterocycles. The van der Waals surface area contributed by atoms with Crippen molar-refractivity contribution in [2.45, 2.75) is 25.9 Å². The van der Waals surface area contributed by atoms with Gasteiger partial charge in [0.15, 0.2) is 6.61 Å². The fourth-order valence-corrected chi connectivity index (χ4v) is 4.14. The molecule has 1 atom stereocenters. The maximum Gasteiger partial charge on any atom is 0.340 e. The van der Waals surface area contributed by atoms with Crippen molar-refractivity contribution in [3.63, 3.8) is 0 Å². The van der Waals surface area contributed by atoms with Gasteiger partial charge in [0, 0.05) is 24.5 Å². The van der Waals surface area contributed by atoms with E-state index < -0.39 is 17.7 Å². The summed E-state index contributed by atoms with van der Waals surface area (Å²) in [5, 5.41) is 2.79.